The van der Waals surface area contributed by atoms with Crippen LogP contribution in [-0.4, -0.2) is 0 Å². The summed E-state index contributed by atoms with van der Waals surface area (Å²) in [5, 5.41) is 0. The Morgan fingerprint density at radius 2 is 0.818 bits per heavy atom. The van der Waals surface area contributed by atoms with Crippen molar-refractivity contribution < 1.29 is 0 Å². The Morgan fingerprint density at radius 1 is 0.545 bits per heavy atom. The monoisotopic (exact) mass is 330 g/mol. The molecule has 22 heavy (non-hydrogen) atoms. The van der Waals surface area contributed by atoms with Gasteiger partial charge >= 0.3 is 0 Å². The van der Waals surface area contributed by atoms with Crippen LogP contribution in [0.3, 0.4) is 0 Å². The Morgan fingerprint density at radius 3 is 1.09 bits per heavy atom. The second kappa shape index (κ2) is 7.61. The van der Waals surface area contributed by atoms with E-state index in [0.29, 0.717) is 0 Å². The summed E-state index contributed by atoms with van der Waals surface area (Å²) < 4.78 is 0. The van der Waals surface area contributed by atoms with Crippen LogP contribution in [0.5, 0.6) is 0 Å². The van der Waals surface area contributed by atoms with Crippen LogP contribution in [0.1, 0.15) is 44.5 Å². The zero-order chi connectivity index (χ0) is 16.3. The molecular formula is C20H26S2. The van der Waals surface area contributed by atoms with Gasteiger partial charge < -0.3 is 0 Å². The predicted octanol–water partition coefficient (Wildman–Crippen LogP) is 6.62. The van der Waals surface area contributed by atoms with Crippen LogP contribution in [-0.2, 0) is 11.5 Å². The van der Waals surface area contributed by atoms with Gasteiger partial charge in [0.15, 0.2) is 0 Å². The Hall–Kier alpha value is -0.860. The minimum Gasteiger partial charge on any atom is -0.0890 e. The summed E-state index contributed by atoms with van der Waals surface area (Å²) in [4.78, 5) is 0. The van der Waals surface area contributed by atoms with Gasteiger partial charge in [0.1, 0.15) is 0 Å². The Labute approximate surface area is 143 Å². The molecule has 0 fully saturated rings. The van der Waals surface area contributed by atoms with Gasteiger partial charge in [-0.1, -0.05) is 57.0 Å². The summed E-state index contributed by atoms with van der Waals surface area (Å²) in [6.07, 6.45) is 0. The van der Waals surface area contributed by atoms with E-state index in [-0.39, 0.29) is 0 Å². The highest BCUT2D eigenvalue weighted by Gasteiger charge is 2.07. The van der Waals surface area contributed by atoms with E-state index in [1.807, 2.05) is 21.6 Å². The van der Waals surface area contributed by atoms with Crippen LogP contribution in [0.2, 0.25) is 0 Å². The summed E-state index contributed by atoms with van der Waals surface area (Å²) in [5.41, 5.74) is 11.4. The molecule has 0 aromatic heterocycles. The second-order valence-electron chi connectivity index (χ2n) is 6.28. The first-order valence-corrected chi connectivity index (χ1v) is 10.2. The predicted molar refractivity (Wildman–Crippen MR) is 104 cm³/mol. The number of aryl methyl sites for hydroxylation is 6. The molecule has 0 radical (unpaired) electrons. The van der Waals surface area contributed by atoms with E-state index in [0.717, 1.165) is 11.5 Å². The molecule has 0 amide bonds. The summed E-state index contributed by atoms with van der Waals surface area (Å²) in [5.74, 6) is 2.18. The van der Waals surface area contributed by atoms with Crippen LogP contribution in [0.4, 0.5) is 0 Å². The van der Waals surface area contributed by atoms with E-state index in [4.69, 9.17) is 0 Å². The lowest BCUT2D eigenvalue weighted by Crippen LogP contribution is -1.94. The molecule has 2 aromatic rings. The quantitative estimate of drug-likeness (QED) is 0.446. The molecule has 2 heteroatoms. The number of hydrogen-bond donors (Lipinski definition) is 0. The van der Waals surface area contributed by atoms with E-state index in [2.05, 4.69) is 65.8 Å². The maximum Gasteiger partial charge on any atom is 0.0294 e. The number of benzene rings is 2. The van der Waals surface area contributed by atoms with Crippen molar-refractivity contribution in [2.24, 2.45) is 0 Å². The molecule has 0 atom stereocenters. The lowest BCUT2D eigenvalue weighted by atomic mass is 10.0. The molecule has 0 saturated carbocycles. The van der Waals surface area contributed by atoms with Crippen molar-refractivity contribution in [1.29, 1.82) is 0 Å². The van der Waals surface area contributed by atoms with Crippen LogP contribution in [0.15, 0.2) is 24.3 Å². The SMILES string of the molecule is Cc1cc(C)c(CSSCc2c(C)cc(C)cc2C)c(C)c1. The molecule has 0 spiro atoms. The van der Waals surface area contributed by atoms with Gasteiger partial charge in [0.05, 0.1) is 0 Å². The average Bonchev–Trinajstić information content (AvgIpc) is 2.38. The number of rotatable bonds is 5. The van der Waals surface area contributed by atoms with Gasteiger partial charge in [-0.2, -0.15) is 0 Å². The first-order chi connectivity index (χ1) is 10.4. The molecular weight excluding hydrogens is 304 g/mol. The lowest BCUT2D eigenvalue weighted by Gasteiger charge is -2.13. The lowest BCUT2D eigenvalue weighted by molar-refractivity contribution is 1.21. The highest BCUT2D eigenvalue weighted by molar-refractivity contribution is 8.76. The molecule has 118 valence electrons. The summed E-state index contributed by atoms with van der Waals surface area (Å²) in [6, 6.07) is 9.17. The first-order valence-electron chi connectivity index (χ1n) is 7.76. The molecule has 0 saturated heterocycles. The largest absolute Gasteiger partial charge is 0.0890 e. The van der Waals surface area contributed by atoms with E-state index in [1.54, 1.807) is 0 Å². The Kier molecular flexibility index (Phi) is 6.05. The zero-order valence-corrected chi connectivity index (χ0v) is 16.2. The molecule has 0 unspecified atom stereocenters. The van der Waals surface area contributed by atoms with Crippen molar-refractivity contribution in [3.63, 3.8) is 0 Å². The molecule has 0 bridgehead atoms. The van der Waals surface area contributed by atoms with Crippen molar-refractivity contribution in [2.45, 2.75) is 53.0 Å². The highest BCUT2D eigenvalue weighted by atomic mass is 33.1. The van der Waals surface area contributed by atoms with Gasteiger partial charge in [0.25, 0.3) is 0 Å². The Balaban J connectivity index is 1.96. The standard InChI is InChI=1S/C20H26S2/c1-13-7-15(3)19(16(4)8-13)11-21-22-12-20-17(5)9-14(2)10-18(20)6/h7-10H,11-12H2,1-6H3. The second-order valence-corrected chi connectivity index (χ2v) is 8.74. The van der Waals surface area contributed by atoms with Crippen LogP contribution in [0, 0.1) is 41.5 Å². The highest BCUT2D eigenvalue weighted by Crippen LogP contribution is 2.33. The van der Waals surface area contributed by atoms with Gasteiger partial charge in [-0.15, -0.1) is 0 Å². The van der Waals surface area contributed by atoms with Gasteiger partial charge in [-0.25, -0.2) is 0 Å². The first kappa shape index (κ1) is 17.5. The smallest absolute Gasteiger partial charge is 0.0294 e. The molecule has 0 aliphatic heterocycles. The van der Waals surface area contributed by atoms with Crippen molar-refractivity contribution in [3.05, 3.63) is 68.8 Å². The van der Waals surface area contributed by atoms with E-state index in [9.17, 15) is 0 Å². The zero-order valence-electron chi connectivity index (χ0n) is 14.5. The third-order valence-corrected chi connectivity index (χ3v) is 6.36. The summed E-state index contributed by atoms with van der Waals surface area (Å²) in [6.45, 7) is 13.3. The average molecular weight is 331 g/mol. The van der Waals surface area contributed by atoms with Gasteiger partial charge in [0.2, 0.25) is 0 Å². The van der Waals surface area contributed by atoms with E-state index < -0.39 is 0 Å². The molecule has 0 nitrogen and oxygen atoms in total. The van der Waals surface area contributed by atoms with Gasteiger partial charge in [-0.05, 0) is 74.9 Å². The molecule has 2 rings (SSSR count). The third-order valence-electron chi connectivity index (χ3n) is 4.17. The fourth-order valence-corrected chi connectivity index (χ4v) is 5.60. The van der Waals surface area contributed by atoms with Crippen LogP contribution < -0.4 is 0 Å². The Bertz CT molecular complexity index is 566. The normalized spacial score (nSPS) is 11.0. The molecule has 2 aromatic carbocycles. The van der Waals surface area contributed by atoms with Gasteiger partial charge in [-0.3, -0.25) is 0 Å². The number of hydrogen-bond acceptors (Lipinski definition) is 2. The fraction of sp³-hybridized carbons (Fsp3) is 0.400. The topological polar surface area (TPSA) is 0 Å². The van der Waals surface area contributed by atoms with Crippen molar-refractivity contribution in [2.75, 3.05) is 0 Å². The maximum atomic E-state index is 2.29. The minimum absolute atomic E-state index is 1.09. The minimum atomic E-state index is 1.09. The van der Waals surface area contributed by atoms with Crippen LogP contribution in [0.25, 0.3) is 0 Å². The van der Waals surface area contributed by atoms with Crippen molar-refractivity contribution in [1.82, 2.24) is 0 Å². The van der Waals surface area contributed by atoms with Crippen LogP contribution >= 0.6 is 21.6 Å². The maximum absolute atomic E-state index is 2.29. The summed E-state index contributed by atoms with van der Waals surface area (Å²) >= 11 is 0. The molecule has 0 aliphatic rings. The third kappa shape index (κ3) is 4.33. The summed E-state index contributed by atoms with van der Waals surface area (Å²) in [7, 11) is 3.95. The van der Waals surface area contributed by atoms with E-state index >= 15 is 0 Å². The molecule has 0 N–H and O–H groups in total. The van der Waals surface area contributed by atoms with Crippen molar-refractivity contribution in [3.8, 4) is 0 Å². The van der Waals surface area contributed by atoms with Gasteiger partial charge in [0, 0.05) is 11.5 Å². The fourth-order valence-electron chi connectivity index (χ4n) is 3.08. The molecule has 0 aliphatic carbocycles. The molecule has 0 heterocycles. The van der Waals surface area contributed by atoms with E-state index in [1.165, 1.54) is 44.5 Å². The van der Waals surface area contributed by atoms with Crippen molar-refractivity contribution >= 4 is 21.6 Å².